The number of Topliss-reactive ketones (excluding diaryl/α,β-unsaturated/α-hetero) is 1. The molecule has 0 spiro atoms. The number of benzene rings is 2. The summed E-state index contributed by atoms with van der Waals surface area (Å²) >= 11 is 0. The monoisotopic (exact) mass is 694 g/mol. The number of nitrogens with one attached hydrogen (secondary N) is 1. The number of aromatic nitrogens is 2. The van der Waals surface area contributed by atoms with Crippen LogP contribution < -0.4 is 26.0 Å². The Labute approximate surface area is 285 Å². The third-order valence-electron chi connectivity index (χ3n) is 9.28. The summed E-state index contributed by atoms with van der Waals surface area (Å²) < 4.78 is 32.7. The summed E-state index contributed by atoms with van der Waals surface area (Å²) in [5.41, 5.74) is 1.17. The van der Waals surface area contributed by atoms with E-state index >= 15 is 0 Å². The molecule has 2 saturated heterocycles. The molecule has 13 nitrogen and oxygen atoms in total. The van der Waals surface area contributed by atoms with Crippen LogP contribution in [0.5, 0.6) is 0 Å². The third-order valence-corrected chi connectivity index (χ3v) is 9.28. The zero-order chi connectivity index (χ0) is 36.6. The standard InChI is InChI=1S/C19H22FN3O4.C16H18FN3O3/c1-11(24)9-22-4-6-23(7-5-22)17-12(2)16-13(8-15(17)20)18(25)14(19(26)27)10-21(16)3;1-9-13-10(15(21)11(16(22)23)8-19(13)2)7-12(17)14(9)20-5-3-18-4-6-20/h8,10H,4-7,9H2,1-3H3,(H,26,27);7-8,18H,3-6H2,1-2H3,(H,22,23). The summed E-state index contributed by atoms with van der Waals surface area (Å²) in [7, 11) is 3.31. The Bertz CT molecular complexity index is 2150. The van der Waals surface area contributed by atoms with Gasteiger partial charge in [-0.3, -0.25) is 19.3 Å². The Morgan fingerprint density at radius 2 is 1.12 bits per heavy atom. The van der Waals surface area contributed by atoms with Crippen molar-refractivity contribution in [2.24, 2.45) is 14.1 Å². The Kier molecular flexibility index (Phi) is 10.4. The number of pyridine rings is 2. The van der Waals surface area contributed by atoms with Crippen molar-refractivity contribution in [3.8, 4) is 0 Å². The lowest BCUT2D eigenvalue weighted by atomic mass is 10.0. The number of piperazine rings is 2. The van der Waals surface area contributed by atoms with Crippen molar-refractivity contribution in [2.45, 2.75) is 20.8 Å². The fourth-order valence-electron chi connectivity index (χ4n) is 7.11. The van der Waals surface area contributed by atoms with Gasteiger partial charge in [-0.05, 0) is 44.0 Å². The minimum Gasteiger partial charge on any atom is -0.477 e. The van der Waals surface area contributed by atoms with Crippen LogP contribution in [-0.4, -0.2) is 101 Å². The van der Waals surface area contributed by atoms with E-state index in [0.29, 0.717) is 79.3 Å². The molecular formula is C35H40F2N6O7. The third kappa shape index (κ3) is 6.83. The van der Waals surface area contributed by atoms with E-state index in [1.807, 2.05) is 14.7 Å². The lowest BCUT2D eigenvalue weighted by Crippen LogP contribution is -2.48. The quantitative estimate of drug-likeness (QED) is 0.273. The van der Waals surface area contributed by atoms with E-state index in [0.717, 1.165) is 25.2 Å². The summed E-state index contributed by atoms with van der Waals surface area (Å²) in [6, 6.07) is 2.29. The Morgan fingerprint density at radius 1 is 0.720 bits per heavy atom. The van der Waals surface area contributed by atoms with E-state index in [4.69, 9.17) is 5.11 Å². The van der Waals surface area contributed by atoms with Gasteiger partial charge in [0.05, 0.1) is 29.0 Å². The molecule has 2 aliphatic heterocycles. The average molecular weight is 695 g/mol. The fourth-order valence-corrected chi connectivity index (χ4v) is 7.11. The largest absolute Gasteiger partial charge is 0.477 e. The first-order chi connectivity index (χ1) is 23.6. The van der Waals surface area contributed by atoms with Gasteiger partial charge >= 0.3 is 11.9 Å². The van der Waals surface area contributed by atoms with Crippen molar-refractivity contribution in [1.82, 2.24) is 19.4 Å². The van der Waals surface area contributed by atoms with Gasteiger partial charge in [0.25, 0.3) is 0 Å². The van der Waals surface area contributed by atoms with Crippen LogP contribution in [0.15, 0.2) is 34.1 Å². The maximum atomic E-state index is 14.9. The topological polar surface area (TPSA) is 157 Å². The molecular weight excluding hydrogens is 654 g/mol. The zero-order valence-electron chi connectivity index (χ0n) is 28.6. The molecule has 3 N–H and O–H groups in total. The van der Waals surface area contributed by atoms with Crippen LogP contribution in [-0.2, 0) is 18.9 Å². The van der Waals surface area contributed by atoms with E-state index in [1.165, 1.54) is 12.4 Å². The van der Waals surface area contributed by atoms with Crippen molar-refractivity contribution in [3.05, 3.63) is 78.9 Å². The van der Waals surface area contributed by atoms with Gasteiger partial charge in [0.1, 0.15) is 28.5 Å². The number of anilines is 2. The number of carboxylic acid groups (broad SMARTS) is 2. The van der Waals surface area contributed by atoms with Gasteiger partial charge in [-0.25, -0.2) is 18.4 Å². The molecule has 15 heteroatoms. The summed E-state index contributed by atoms with van der Waals surface area (Å²) in [5.74, 6) is -3.57. The second kappa shape index (κ2) is 14.4. The maximum Gasteiger partial charge on any atom is 0.341 e. The van der Waals surface area contributed by atoms with Crippen molar-refractivity contribution in [3.63, 3.8) is 0 Å². The molecule has 266 valence electrons. The highest BCUT2D eigenvalue weighted by Gasteiger charge is 2.26. The molecule has 0 radical (unpaired) electrons. The SMILES string of the molecule is CC(=O)CN1CCN(c2c(F)cc3c(=O)c(C(=O)O)cn(C)c3c2C)CC1.Cc1c(N2CCNCC2)c(F)cc2c(=O)c(C(=O)O)cn(C)c12. The van der Waals surface area contributed by atoms with Crippen LogP contribution in [0, 0.1) is 25.5 Å². The fraction of sp³-hybridized carbons (Fsp3) is 0.400. The molecule has 0 atom stereocenters. The highest BCUT2D eigenvalue weighted by Crippen LogP contribution is 2.32. The smallest absolute Gasteiger partial charge is 0.341 e. The number of aryl methyl sites for hydroxylation is 4. The van der Waals surface area contributed by atoms with Crippen LogP contribution in [0.4, 0.5) is 20.2 Å². The minimum atomic E-state index is -1.33. The number of rotatable bonds is 6. The number of halogens is 2. The molecule has 0 bridgehead atoms. The lowest BCUT2D eigenvalue weighted by molar-refractivity contribution is -0.118. The predicted octanol–water partition coefficient (Wildman–Crippen LogP) is 2.49. The van der Waals surface area contributed by atoms with Crippen molar-refractivity contribution in [1.29, 1.82) is 0 Å². The number of hydrogen-bond acceptors (Lipinski definition) is 9. The molecule has 4 aromatic rings. The lowest BCUT2D eigenvalue weighted by Gasteiger charge is -2.36. The molecule has 0 aliphatic carbocycles. The number of ketones is 1. The number of nitrogens with zero attached hydrogens (tertiary/aromatic N) is 5. The second-order valence-electron chi connectivity index (χ2n) is 12.7. The second-order valence-corrected chi connectivity index (χ2v) is 12.7. The van der Waals surface area contributed by atoms with Crippen LogP contribution in [0.2, 0.25) is 0 Å². The van der Waals surface area contributed by atoms with E-state index in [1.54, 1.807) is 44.0 Å². The highest BCUT2D eigenvalue weighted by atomic mass is 19.1. The minimum absolute atomic E-state index is 0.0614. The molecule has 0 amide bonds. The first-order valence-electron chi connectivity index (χ1n) is 16.2. The van der Waals surface area contributed by atoms with Crippen molar-refractivity contribution in [2.75, 3.05) is 68.7 Å². The molecule has 4 heterocycles. The maximum absolute atomic E-state index is 14.9. The number of carbonyl (C=O) groups excluding carboxylic acids is 1. The summed E-state index contributed by atoms with van der Waals surface area (Å²) in [6.45, 7) is 10.8. The van der Waals surface area contributed by atoms with Gasteiger partial charge < -0.3 is 34.5 Å². The van der Waals surface area contributed by atoms with Gasteiger partial charge in [-0.15, -0.1) is 0 Å². The Morgan fingerprint density at radius 3 is 1.50 bits per heavy atom. The predicted molar refractivity (Wildman–Crippen MR) is 186 cm³/mol. The number of aromatic carboxylic acids is 2. The molecule has 2 fully saturated rings. The molecule has 0 saturated carbocycles. The van der Waals surface area contributed by atoms with Gasteiger partial charge in [0.15, 0.2) is 0 Å². The van der Waals surface area contributed by atoms with Crippen LogP contribution in [0.25, 0.3) is 21.8 Å². The first kappa shape index (κ1) is 36.1. The van der Waals surface area contributed by atoms with Crippen molar-refractivity contribution >= 4 is 50.9 Å². The Balaban J connectivity index is 0.000000197. The van der Waals surface area contributed by atoms with E-state index in [-0.39, 0.29) is 27.7 Å². The zero-order valence-corrected chi connectivity index (χ0v) is 28.6. The Hall–Kier alpha value is -5.15. The van der Waals surface area contributed by atoms with Crippen LogP contribution in [0.3, 0.4) is 0 Å². The van der Waals surface area contributed by atoms with Gasteiger partial charge in [0.2, 0.25) is 10.9 Å². The summed E-state index contributed by atoms with van der Waals surface area (Å²) in [4.78, 5) is 64.4. The van der Waals surface area contributed by atoms with E-state index < -0.39 is 34.4 Å². The molecule has 2 aromatic carbocycles. The van der Waals surface area contributed by atoms with E-state index in [2.05, 4.69) is 5.32 Å². The van der Waals surface area contributed by atoms with Crippen molar-refractivity contribution < 1.29 is 33.4 Å². The number of hydrogen-bond donors (Lipinski definition) is 3. The average Bonchev–Trinajstić information content (AvgIpc) is 3.05. The normalized spacial score (nSPS) is 15.3. The number of carbonyl (C=O) groups is 3. The van der Waals surface area contributed by atoms with Crippen LogP contribution >= 0.6 is 0 Å². The highest BCUT2D eigenvalue weighted by molar-refractivity contribution is 5.96. The molecule has 6 rings (SSSR count). The summed E-state index contributed by atoms with van der Waals surface area (Å²) in [5, 5.41) is 21.7. The molecule has 0 unspecified atom stereocenters. The number of fused-ring (bicyclic) bond motifs is 2. The number of carboxylic acids is 2. The van der Waals surface area contributed by atoms with Crippen LogP contribution in [0.1, 0.15) is 38.8 Å². The van der Waals surface area contributed by atoms with Gasteiger partial charge in [-0.2, -0.15) is 0 Å². The van der Waals surface area contributed by atoms with Gasteiger partial charge in [-0.1, -0.05) is 0 Å². The van der Waals surface area contributed by atoms with E-state index in [9.17, 15) is 37.9 Å². The molecule has 2 aromatic heterocycles. The van der Waals surface area contributed by atoms with Gasteiger partial charge in [0, 0.05) is 89.6 Å². The summed E-state index contributed by atoms with van der Waals surface area (Å²) in [6.07, 6.45) is 2.56. The molecule has 2 aliphatic rings. The molecule has 50 heavy (non-hydrogen) atoms. The first-order valence-corrected chi connectivity index (χ1v) is 16.2.